The molecule has 4 atom stereocenters. The van der Waals surface area contributed by atoms with Crippen molar-refractivity contribution in [2.75, 3.05) is 6.61 Å². The van der Waals surface area contributed by atoms with E-state index in [0.717, 1.165) is 25.7 Å². The molecule has 2 aromatic rings. The predicted octanol–water partition coefficient (Wildman–Crippen LogP) is 5.29. The zero-order valence-corrected chi connectivity index (χ0v) is 18.4. The van der Waals surface area contributed by atoms with E-state index < -0.39 is 0 Å². The summed E-state index contributed by atoms with van der Waals surface area (Å²) in [6.07, 6.45) is 3.49. The smallest absolute Gasteiger partial charge is 0.194 e. The maximum atomic E-state index is 10.4. The van der Waals surface area contributed by atoms with Gasteiger partial charge in [-0.3, -0.25) is 9.40 Å². The van der Waals surface area contributed by atoms with E-state index >= 15 is 0 Å². The zero-order chi connectivity index (χ0) is 21.2. The first-order valence-corrected chi connectivity index (χ1v) is 10.8. The maximum absolute atomic E-state index is 10.4. The van der Waals surface area contributed by atoms with Gasteiger partial charge in [-0.1, -0.05) is 51.1 Å². The van der Waals surface area contributed by atoms with Gasteiger partial charge in [0.15, 0.2) is 11.8 Å². The lowest BCUT2D eigenvalue weighted by atomic mass is 9.68. The number of aromatic hydroxyl groups is 2. The number of hydrogen-bond donors (Lipinski definition) is 2. The van der Waals surface area contributed by atoms with Crippen molar-refractivity contribution < 1.29 is 15.1 Å². The molecule has 0 aliphatic carbocycles. The second-order valence-corrected chi connectivity index (χ2v) is 8.90. The van der Waals surface area contributed by atoms with Gasteiger partial charge in [0, 0.05) is 29.3 Å². The van der Waals surface area contributed by atoms with Gasteiger partial charge < -0.3 is 10.2 Å². The number of hydroxylamine groups is 2. The lowest BCUT2D eigenvalue weighted by Gasteiger charge is -2.59. The van der Waals surface area contributed by atoms with Gasteiger partial charge in [-0.15, -0.1) is 0 Å². The number of piperidine rings is 1. The van der Waals surface area contributed by atoms with Crippen LogP contribution in [-0.4, -0.2) is 37.5 Å². The summed E-state index contributed by atoms with van der Waals surface area (Å²) in [6.45, 7) is 11.7. The number of benzene rings is 1. The Morgan fingerprint density at radius 3 is 2.17 bits per heavy atom. The molecule has 0 saturated carbocycles. The third-order valence-electron chi connectivity index (χ3n) is 7.30. The first-order chi connectivity index (χ1) is 13.8. The predicted molar refractivity (Wildman–Crippen MR) is 116 cm³/mol. The number of nitrogens with zero attached hydrogens (tertiary/aromatic N) is 2. The fourth-order valence-electron chi connectivity index (χ4n) is 4.96. The van der Waals surface area contributed by atoms with Gasteiger partial charge in [-0.25, -0.2) is 0 Å². The second-order valence-electron chi connectivity index (χ2n) is 8.90. The molecule has 0 spiro atoms. The van der Waals surface area contributed by atoms with E-state index in [-0.39, 0.29) is 34.8 Å². The number of aromatic nitrogens is 1. The molecule has 1 fully saturated rings. The molecule has 1 aliphatic rings. The highest BCUT2D eigenvalue weighted by atomic mass is 16.7. The van der Waals surface area contributed by atoms with E-state index in [0.29, 0.717) is 6.61 Å². The van der Waals surface area contributed by atoms with Gasteiger partial charge in [0.2, 0.25) is 0 Å². The summed E-state index contributed by atoms with van der Waals surface area (Å²) in [7, 11) is 0. The van der Waals surface area contributed by atoms with E-state index in [1.807, 2.05) is 6.07 Å². The van der Waals surface area contributed by atoms with Crippen molar-refractivity contribution in [2.45, 2.75) is 77.4 Å². The molecule has 0 amide bonds. The average Bonchev–Trinajstić information content (AvgIpc) is 3.06. The van der Waals surface area contributed by atoms with Crippen molar-refractivity contribution in [3.63, 3.8) is 0 Å². The quantitative estimate of drug-likeness (QED) is 0.663. The van der Waals surface area contributed by atoms with E-state index in [9.17, 15) is 10.2 Å². The Bertz CT molecular complexity index is 786. The summed E-state index contributed by atoms with van der Waals surface area (Å²) >= 11 is 0. The lowest BCUT2D eigenvalue weighted by Crippen LogP contribution is -2.66. The highest BCUT2D eigenvalue weighted by molar-refractivity contribution is 5.26. The fourth-order valence-corrected chi connectivity index (χ4v) is 4.96. The van der Waals surface area contributed by atoms with Crippen molar-refractivity contribution in [3.05, 3.63) is 48.0 Å². The Kier molecular flexibility index (Phi) is 6.30. The Morgan fingerprint density at radius 2 is 1.62 bits per heavy atom. The highest BCUT2D eigenvalue weighted by Gasteiger charge is 2.54. The maximum Gasteiger partial charge on any atom is 0.194 e. The molecule has 0 radical (unpaired) electrons. The molecule has 160 valence electrons. The molecule has 1 aromatic carbocycles. The molecule has 3 rings (SSSR count). The molecule has 29 heavy (non-hydrogen) atoms. The Hall–Kier alpha value is -1.98. The number of hydrogen-bond acceptors (Lipinski definition) is 4. The standard InChI is InChI=1S/C24H36N2O3/c1-6-23(4)17-20(25-21(27)13-14-22(25)28)18(3)24(5,7-2)26(23)29-16-15-19-11-9-8-10-12-19/h8-14,18,20,27-28H,6-7,15-17H2,1-5H3. The summed E-state index contributed by atoms with van der Waals surface area (Å²) in [5, 5.41) is 23.0. The van der Waals surface area contributed by atoms with Gasteiger partial charge in [-0.2, -0.15) is 5.06 Å². The molecule has 1 aromatic heterocycles. The lowest BCUT2D eigenvalue weighted by molar-refractivity contribution is -0.310. The van der Waals surface area contributed by atoms with E-state index in [4.69, 9.17) is 4.84 Å². The van der Waals surface area contributed by atoms with Crippen molar-refractivity contribution in [2.24, 2.45) is 5.92 Å². The second kappa shape index (κ2) is 8.41. The summed E-state index contributed by atoms with van der Waals surface area (Å²) in [6, 6.07) is 13.5. The summed E-state index contributed by atoms with van der Waals surface area (Å²) in [4.78, 5) is 6.50. The molecule has 0 bridgehead atoms. The average molecular weight is 401 g/mol. The third-order valence-corrected chi connectivity index (χ3v) is 7.30. The van der Waals surface area contributed by atoms with Gasteiger partial charge >= 0.3 is 0 Å². The summed E-state index contributed by atoms with van der Waals surface area (Å²) in [5.74, 6) is 0.414. The monoisotopic (exact) mass is 400 g/mol. The molecule has 2 N–H and O–H groups in total. The largest absolute Gasteiger partial charge is 0.494 e. The van der Waals surface area contributed by atoms with E-state index in [2.05, 4.69) is 63.9 Å². The van der Waals surface area contributed by atoms with Crippen LogP contribution < -0.4 is 0 Å². The minimum atomic E-state index is -0.229. The summed E-state index contributed by atoms with van der Waals surface area (Å²) in [5.41, 5.74) is 0.837. The van der Waals surface area contributed by atoms with Gasteiger partial charge in [0.1, 0.15) is 0 Å². The normalized spacial score (nSPS) is 30.5. The molecule has 4 unspecified atom stereocenters. The summed E-state index contributed by atoms with van der Waals surface area (Å²) < 4.78 is 1.69. The molecule has 5 nitrogen and oxygen atoms in total. The van der Waals surface area contributed by atoms with Crippen molar-refractivity contribution >= 4 is 0 Å². The van der Waals surface area contributed by atoms with Gasteiger partial charge in [0.25, 0.3) is 0 Å². The first-order valence-electron chi connectivity index (χ1n) is 10.8. The van der Waals surface area contributed by atoms with Crippen LogP contribution >= 0.6 is 0 Å². The van der Waals surface area contributed by atoms with Gasteiger partial charge in [-0.05, 0) is 51.0 Å². The minimum Gasteiger partial charge on any atom is -0.494 e. The van der Waals surface area contributed by atoms with Crippen LogP contribution in [0.1, 0.15) is 65.5 Å². The van der Waals surface area contributed by atoms with Crippen LogP contribution in [0.4, 0.5) is 0 Å². The van der Waals surface area contributed by atoms with Crippen LogP contribution in [-0.2, 0) is 11.3 Å². The molecule has 5 heteroatoms. The van der Waals surface area contributed by atoms with Crippen LogP contribution in [0, 0.1) is 5.92 Å². The highest BCUT2D eigenvalue weighted by Crippen LogP contribution is 2.52. The van der Waals surface area contributed by atoms with E-state index in [1.165, 1.54) is 5.56 Å². The van der Waals surface area contributed by atoms with Crippen molar-refractivity contribution in [1.29, 1.82) is 0 Å². The Labute approximate surface area is 174 Å². The van der Waals surface area contributed by atoms with Crippen LogP contribution in [0.25, 0.3) is 0 Å². The van der Waals surface area contributed by atoms with Crippen molar-refractivity contribution in [3.8, 4) is 11.8 Å². The molecule has 1 aliphatic heterocycles. The molecular weight excluding hydrogens is 364 g/mol. The van der Waals surface area contributed by atoms with Crippen LogP contribution in [0.15, 0.2) is 42.5 Å². The molecule has 2 heterocycles. The third kappa shape index (κ3) is 3.90. The van der Waals surface area contributed by atoms with Crippen LogP contribution in [0.2, 0.25) is 0 Å². The van der Waals surface area contributed by atoms with Crippen molar-refractivity contribution in [1.82, 2.24) is 9.63 Å². The number of rotatable bonds is 7. The molecular formula is C24H36N2O3. The Morgan fingerprint density at radius 1 is 1.00 bits per heavy atom. The Balaban J connectivity index is 1.88. The first kappa shape index (κ1) is 21.7. The zero-order valence-electron chi connectivity index (χ0n) is 18.4. The van der Waals surface area contributed by atoms with Crippen LogP contribution in [0.3, 0.4) is 0 Å². The fraction of sp³-hybridized carbons (Fsp3) is 0.583. The van der Waals surface area contributed by atoms with E-state index in [1.54, 1.807) is 16.7 Å². The van der Waals surface area contributed by atoms with Gasteiger partial charge in [0.05, 0.1) is 6.61 Å². The minimum absolute atomic E-state index is 0.00567. The topological polar surface area (TPSA) is 57.9 Å². The SMILES string of the molecule is CCC1(C)CC(n2c(O)ccc2O)C(C)C(C)(CC)N1OCCc1ccccc1. The molecule has 1 saturated heterocycles. The van der Waals surface area contributed by atoms with Crippen LogP contribution in [0.5, 0.6) is 11.8 Å².